The zero-order chi connectivity index (χ0) is 23.7. The summed E-state index contributed by atoms with van der Waals surface area (Å²) in [7, 11) is -3.56. The number of hydrogen-bond donors (Lipinski definition) is 2. The Morgan fingerprint density at radius 1 is 1.09 bits per heavy atom. The summed E-state index contributed by atoms with van der Waals surface area (Å²) in [5, 5.41) is 14.0. The van der Waals surface area contributed by atoms with Gasteiger partial charge in [0.25, 0.3) is 0 Å². The summed E-state index contributed by atoms with van der Waals surface area (Å²) in [4.78, 5) is 24.6. The van der Waals surface area contributed by atoms with E-state index >= 15 is 0 Å². The fourth-order valence-corrected chi connectivity index (χ4v) is 5.90. The van der Waals surface area contributed by atoms with E-state index in [0.717, 1.165) is 18.4 Å². The molecule has 0 unspecified atom stereocenters. The first-order valence-corrected chi connectivity index (χ1v) is 12.8. The summed E-state index contributed by atoms with van der Waals surface area (Å²) >= 11 is 0. The van der Waals surface area contributed by atoms with E-state index in [-0.39, 0.29) is 47.3 Å². The maximum Gasteiger partial charge on any atom is 0.224 e. The predicted octanol–water partition coefficient (Wildman–Crippen LogP) is 2.75. The lowest BCUT2D eigenvalue weighted by atomic mass is 9.80. The van der Waals surface area contributed by atoms with Crippen molar-refractivity contribution in [1.82, 2.24) is 10.6 Å². The topological polar surface area (TPSA) is 129 Å². The Hall–Kier alpha value is -3.12. The quantitative estimate of drug-likeness (QED) is 0.513. The van der Waals surface area contributed by atoms with Gasteiger partial charge >= 0.3 is 0 Å². The smallest absolute Gasteiger partial charge is 0.224 e. The molecule has 1 aliphatic carbocycles. The molecule has 0 radical (unpaired) electrons. The normalized spacial score (nSPS) is 18.3. The number of nitrogens with one attached hydrogen (secondary N) is 2. The minimum absolute atomic E-state index is 0.0723. The summed E-state index contributed by atoms with van der Waals surface area (Å²) in [6, 6.07) is 12.0. The molecule has 3 rings (SSSR count). The van der Waals surface area contributed by atoms with Crippen molar-refractivity contribution in [2.45, 2.75) is 50.0 Å². The largest absolute Gasteiger partial charge is 0.467 e. The first-order chi connectivity index (χ1) is 15.9. The molecule has 0 spiro atoms. The summed E-state index contributed by atoms with van der Waals surface area (Å²) in [6.07, 6.45) is 5.42. The Labute approximate surface area is 194 Å². The average molecular weight is 472 g/mol. The van der Waals surface area contributed by atoms with E-state index in [1.165, 1.54) is 0 Å². The van der Waals surface area contributed by atoms with E-state index in [4.69, 9.17) is 9.68 Å². The van der Waals surface area contributed by atoms with Crippen molar-refractivity contribution in [2.24, 2.45) is 11.8 Å². The number of amides is 2. The van der Waals surface area contributed by atoms with Gasteiger partial charge in [-0.2, -0.15) is 5.26 Å². The van der Waals surface area contributed by atoms with Gasteiger partial charge in [-0.15, -0.1) is 0 Å². The molecule has 1 aromatic heterocycles. The number of sulfone groups is 1. The lowest BCUT2D eigenvalue weighted by molar-refractivity contribution is -0.127. The van der Waals surface area contributed by atoms with Gasteiger partial charge in [-0.3, -0.25) is 9.59 Å². The number of carbonyl (C=O) groups excluding carboxylic acids is 2. The predicted molar refractivity (Wildman–Crippen MR) is 121 cm³/mol. The average Bonchev–Trinajstić information content (AvgIpc) is 3.34. The minimum atomic E-state index is -3.56. The van der Waals surface area contributed by atoms with Crippen molar-refractivity contribution in [2.75, 3.05) is 12.3 Å². The summed E-state index contributed by atoms with van der Waals surface area (Å²) in [5.41, 5.74) is 0.869. The van der Waals surface area contributed by atoms with Crippen LogP contribution in [-0.4, -0.2) is 32.5 Å². The number of aryl methyl sites for hydroxylation is 1. The fourth-order valence-electron chi connectivity index (χ4n) is 4.20. The molecule has 8 nitrogen and oxygen atoms in total. The molecule has 2 aromatic rings. The zero-order valence-corrected chi connectivity index (χ0v) is 19.3. The molecule has 1 fully saturated rings. The molecule has 1 aromatic carbocycles. The van der Waals surface area contributed by atoms with Gasteiger partial charge in [-0.1, -0.05) is 25.0 Å². The van der Waals surface area contributed by atoms with Gasteiger partial charge in [0.15, 0.2) is 9.84 Å². The molecular formula is C24H29N3O5S. The van der Waals surface area contributed by atoms with Crippen LogP contribution < -0.4 is 10.6 Å². The lowest BCUT2D eigenvalue weighted by Gasteiger charge is -2.30. The number of hydrogen-bond acceptors (Lipinski definition) is 6. The van der Waals surface area contributed by atoms with Gasteiger partial charge in [-0.05, 0) is 55.0 Å². The molecule has 176 valence electrons. The number of nitrogens with zero attached hydrogens (tertiary/aromatic N) is 1. The van der Waals surface area contributed by atoms with Crippen molar-refractivity contribution in [1.29, 1.82) is 5.26 Å². The Kier molecular flexibility index (Phi) is 8.66. The minimum Gasteiger partial charge on any atom is -0.467 e. The third kappa shape index (κ3) is 7.19. The maximum atomic E-state index is 13.0. The van der Waals surface area contributed by atoms with Crippen LogP contribution in [0.4, 0.5) is 0 Å². The summed E-state index contributed by atoms with van der Waals surface area (Å²) < 4.78 is 31.2. The maximum absolute atomic E-state index is 13.0. The zero-order valence-electron chi connectivity index (χ0n) is 18.5. The van der Waals surface area contributed by atoms with Crippen molar-refractivity contribution in [3.8, 4) is 6.07 Å². The molecule has 2 atom stereocenters. The monoisotopic (exact) mass is 471 g/mol. The molecular weight excluding hydrogens is 442 g/mol. The summed E-state index contributed by atoms with van der Waals surface area (Å²) in [6.45, 7) is 0.261. The van der Waals surface area contributed by atoms with Crippen LogP contribution in [0.1, 0.15) is 43.4 Å². The van der Waals surface area contributed by atoms with Crippen LogP contribution in [-0.2, 0) is 32.4 Å². The van der Waals surface area contributed by atoms with Gasteiger partial charge in [-0.25, -0.2) is 8.42 Å². The van der Waals surface area contributed by atoms with Crippen LogP contribution in [0, 0.1) is 23.2 Å². The molecule has 0 saturated heterocycles. The van der Waals surface area contributed by atoms with Crippen LogP contribution in [0.3, 0.4) is 0 Å². The molecule has 1 saturated carbocycles. The van der Waals surface area contributed by atoms with Gasteiger partial charge in [0.1, 0.15) is 12.3 Å². The van der Waals surface area contributed by atoms with Gasteiger partial charge in [0.05, 0.1) is 29.5 Å². The Morgan fingerprint density at radius 2 is 1.85 bits per heavy atom. The van der Waals surface area contributed by atoms with E-state index in [2.05, 4.69) is 10.6 Å². The highest BCUT2D eigenvalue weighted by atomic mass is 32.2. The van der Waals surface area contributed by atoms with Gasteiger partial charge in [0, 0.05) is 12.3 Å². The molecule has 9 heteroatoms. The molecule has 1 aliphatic rings. The third-order valence-electron chi connectivity index (χ3n) is 5.98. The number of nitriles is 1. The Balaban J connectivity index is 1.54. The molecule has 1 heterocycles. The number of carbonyl (C=O) groups is 2. The Bertz CT molecular complexity index is 1070. The second kappa shape index (κ2) is 11.7. The van der Waals surface area contributed by atoms with E-state index in [9.17, 15) is 18.0 Å². The fraction of sp³-hybridized carbons (Fsp3) is 0.458. The highest BCUT2D eigenvalue weighted by molar-refractivity contribution is 7.91. The SMILES string of the molecule is N#CCNC(=O)[C@@H]1CCCC[C@H]1CS(=O)(=O)c1ccc(CCC(=O)NCc2ccco2)cc1. The van der Waals surface area contributed by atoms with Crippen molar-refractivity contribution in [3.05, 3.63) is 54.0 Å². The van der Waals surface area contributed by atoms with Crippen LogP contribution in [0.5, 0.6) is 0 Å². The standard InChI is InChI=1S/C24H29N3O5S/c25-13-14-26-24(29)22-6-2-1-4-19(22)17-33(30,31)21-10-7-18(8-11-21)9-12-23(28)27-16-20-5-3-15-32-20/h3,5,7-8,10-11,15,19,22H,1-2,4,6,9,12,14,16-17H2,(H,26,29)(H,27,28)/t19-,22+/m0/s1. The number of rotatable bonds is 10. The Morgan fingerprint density at radius 3 is 2.55 bits per heavy atom. The van der Waals surface area contributed by atoms with Crippen LogP contribution >= 0.6 is 0 Å². The van der Waals surface area contributed by atoms with Crippen LogP contribution in [0.2, 0.25) is 0 Å². The number of furan rings is 1. The van der Waals surface area contributed by atoms with Gasteiger partial charge in [0.2, 0.25) is 11.8 Å². The van der Waals surface area contributed by atoms with Crippen molar-refractivity contribution < 1.29 is 22.4 Å². The first-order valence-electron chi connectivity index (χ1n) is 11.1. The second-order valence-corrected chi connectivity index (χ2v) is 10.3. The second-order valence-electron chi connectivity index (χ2n) is 8.31. The van der Waals surface area contributed by atoms with E-state index in [0.29, 0.717) is 31.6 Å². The molecule has 0 aliphatic heterocycles. The third-order valence-corrected chi connectivity index (χ3v) is 7.84. The molecule has 2 N–H and O–H groups in total. The molecule has 0 bridgehead atoms. The van der Waals surface area contributed by atoms with E-state index in [1.807, 2.05) is 6.07 Å². The molecule has 33 heavy (non-hydrogen) atoms. The highest BCUT2D eigenvalue weighted by Gasteiger charge is 2.34. The highest BCUT2D eigenvalue weighted by Crippen LogP contribution is 2.32. The van der Waals surface area contributed by atoms with Crippen LogP contribution in [0.25, 0.3) is 0 Å². The van der Waals surface area contributed by atoms with Crippen LogP contribution in [0.15, 0.2) is 52.0 Å². The van der Waals surface area contributed by atoms with E-state index < -0.39 is 9.84 Å². The molecule has 2 amide bonds. The summed E-state index contributed by atoms with van der Waals surface area (Å²) in [5.74, 6) is -0.411. The number of benzene rings is 1. The van der Waals surface area contributed by atoms with E-state index in [1.54, 1.807) is 42.7 Å². The lowest BCUT2D eigenvalue weighted by Crippen LogP contribution is -2.39. The van der Waals surface area contributed by atoms with Crippen molar-refractivity contribution >= 4 is 21.7 Å². The van der Waals surface area contributed by atoms with Gasteiger partial charge < -0.3 is 15.1 Å². The first kappa shape index (κ1) is 24.5. The van der Waals surface area contributed by atoms with Crippen molar-refractivity contribution in [3.63, 3.8) is 0 Å².